The molecule has 0 saturated heterocycles. The molecule has 0 fully saturated rings. The van der Waals surface area contributed by atoms with Crippen molar-refractivity contribution < 1.29 is 4.79 Å². The lowest BCUT2D eigenvalue weighted by atomic mass is 10.2. The van der Waals surface area contributed by atoms with E-state index in [0.717, 1.165) is 11.1 Å². The third kappa shape index (κ3) is 4.80. The van der Waals surface area contributed by atoms with Gasteiger partial charge in [0.25, 0.3) is 5.91 Å². The van der Waals surface area contributed by atoms with E-state index >= 15 is 0 Å². The van der Waals surface area contributed by atoms with E-state index in [1.165, 1.54) is 4.80 Å². The Kier molecular flexibility index (Phi) is 5.64. The second-order valence-corrected chi connectivity index (χ2v) is 7.61. The number of amides is 1. The van der Waals surface area contributed by atoms with E-state index < -0.39 is 0 Å². The number of carbonyl (C=O) groups is 1. The monoisotopic (exact) mass is 459 g/mol. The van der Waals surface area contributed by atoms with Gasteiger partial charge in [-0.1, -0.05) is 60.1 Å². The summed E-state index contributed by atoms with van der Waals surface area (Å²) in [5.41, 5.74) is 2.64. The average Bonchev–Trinajstić information content (AvgIpc) is 3.58. The largest absolute Gasteiger partial charge is 0.318 e. The van der Waals surface area contributed by atoms with Gasteiger partial charge in [-0.2, -0.15) is 10.2 Å². The predicted octanol–water partition coefficient (Wildman–Crippen LogP) is 3.19. The second kappa shape index (κ2) is 9.05. The number of aromatic nitrogens is 8. The van der Waals surface area contributed by atoms with Crippen molar-refractivity contribution in [3.05, 3.63) is 95.5 Å². The fourth-order valence-corrected chi connectivity index (χ4v) is 3.40. The summed E-state index contributed by atoms with van der Waals surface area (Å²) < 4.78 is 3.27. The number of nitrogens with zero attached hydrogens (tertiary/aromatic N) is 8. The maximum absolute atomic E-state index is 12.6. The Hall–Kier alpha value is -4.31. The maximum atomic E-state index is 12.6. The molecule has 0 atom stereocenters. The highest BCUT2D eigenvalue weighted by molar-refractivity contribution is 6.31. The van der Waals surface area contributed by atoms with Crippen LogP contribution >= 0.6 is 11.6 Å². The van der Waals surface area contributed by atoms with Crippen LogP contribution in [0.2, 0.25) is 5.02 Å². The van der Waals surface area contributed by atoms with Gasteiger partial charge in [0.2, 0.25) is 5.82 Å². The summed E-state index contributed by atoms with van der Waals surface area (Å²) in [5, 5.41) is 24.5. The fourth-order valence-electron chi connectivity index (χ4n) is 3.21. The molecule has 164 valence electrons. The van der Waals surface area contributed by atoms with E-state index in [1.807, 2.05) is 54.6 Å². The molecular weight excluding hydrogens is 442 g/mol. The first-order valence-corrected chi connectivity index (χ1v) is 10.5. The molecule has 0 aliphatic heterocycles. The number of tetrazole rings is 1. The molecule has 0 radical (unpaired) electrons. The van der Waals surface area contributed by atoms with Crippen LogP contribution in [0.3, 0.4) is 0 Å². The molecule has 3 aromatic heterocycles. The number of hydrogen-bond acceptors (Lipinski definition) is 6. The summed E-state index contributed by atoms with van der Waals surface area (Å²) in [5.74, 6) is 0.178. The van der Waals surface area contributed by atoms with E-state index in [1.54, 1.807) is 34.0 Å². The third-order valence-electron chi connectivity index (χ3n) is 4.81. The van der Waals surface area contributed by atoms with Crippen LogP contribution in [0.5, 0.6) is 0 Å². The molecule has 0 spiro atoms. The quantitative estimate of drug-likeness (QED) is 0.400. The number of rotatable bonds is 7. The molecule has 0 bridgehead atoms. The van der Waals surface area contributed by atoms with Gasteiger partial charge in [0.1, 0.15) is 0 Å². The number of hydrogen-bond donors (Lipinski definition) is 1. The maximum Gasteiger partial charge on any atom is 0.276 e. The Balaban J connectivity index is 1.21. The summed E-state index contributed by atoms with van der Waals surface area (Å²) in [6.45, 7) is 0.725. The summed E-state index contributed by atoms with van der Waals surface area (Å²) in [4.78, 5) is 14.0. The van der Waals surface area contributed by atoms with Gasteiger partial charge in [-0.15, -0.1) is 15.0 Å². The van der Waals surface area contributed by atoms with Crippen molar-refractivity contribution in [2.45, 2.75) is 13.2 Å². The lowest BCUT2D eigenvalue weighted by Crippen LogP contribution is -2.15. The van der Waals surface area contributed by atoms with Crippen LogP contribution < -0.4 is 5.32 Å². The Morgan fingerprint density at radius 1 is 0.970 bits per heavy atom. The molecule has 3 heterocycles. The summed E-state index contributed by atoms with van der Waals surface area (Å²) in [6, 6.07) is 18.7. The van der Waals surface area contributed by atoms with Crippen molar-refractivity contribution in [3.63, 3.8) is 0 Å². The van der Waals surface area contributed by atoms with Crippen molar-refractivity contribution in [2.24, 2.45) is 0 Å². The van der Waals surface area contributed by atoms with Gasteiger partial charge >= 0.3 is 0 Å². The molecule has 1 N–H and O–H groups in total. The summed E-state index contributed by atoms with van der Waals surface area (Å²) in [6.07, 6.45) is 5.00. The minimum Gasteiger partial charge on any atom is -0.318 e. The van der Waals surface area contributed by atoms with Gasteiger partial charge in [-0.3, -0.25) is 9.48 Å². The molecule has 0 aliphatic rings. The third-order valence-corrected chi connectivity index (χ3v) is 5.18. The lowest BCUT2D eigenvalue weighted by Gasteiger charge is -2.04. The second-order valence-electron chi connectivity index (χ2n) is 7.21. The first kappa shape index (κ1) is 20.6. The first-order chi connectivity index (χ1) is 16.1. The van der Waals surface area contributed by atoms with Crippen molar-refractivity contribution in [1.82, 2.24) is 39.8 Å². The molecule has 0 aliphatic carbocycles. The number of carbonyl (C=O) groups excluding carboxylic acids is 1. The molecule has 0 unspecified atom stereocenters. The summed E-state index contributed by atoms with van der Waals surface area (Å²) in [7, 11) is 0. The standard InChI is InChI=1S/C22H18ClN9O/c23-19-9-5-4-8-17(19)13-31-14-18(12-24-31)25-22(33)20-10-11-30(27-20)15-32-28-21(26-29-32)16-6-2-1-3-7-16/h1-12,14H,13,15H2,(H,25,33). The van der Waals surface area contributed by atoms with Crippen LogP contribution in [0.25, 0.3) is 11.4 Å². The number of anilines is 1. The van der Waals surface area contributed by atoms with E-state index in [-0.39, 0.29) is 18.3 Å². The molecular formula is C22H18ClN9O. The normalized spacial score (nSPS) is 10.9. The van der Waals surface area contributed by atoms with Crippen molar-refractivity contribution >= 4 is 23.2 Å². The topological polar surface area (TPSA) is 108 Å². The Morgan fingerprint density at radius 3 is 2.64 bits per heavy atom. The number of nitrogens with one attached hydrogen (secondary N) is 1. The zero-order valence-corrected chi connectivity index (χ0v) is 18.0. The van der Waals surface area contributed by atoms with Crippen LogP contribution in [0.4, 0.5) is 5.69 Å². The highest BCUT2D eigenvalue weighted by Crippen LogP contribution is 2.17. The van der Waals surface area contributed by atoms with Crippen molar-refractivity contribution in [2.75, 3.05) is 5.32 Å². The van der Waals surface area contributed by atoms with E-state index in [0.29, 0.717) is 23.1 Å². The molecule has 0 saturated carbocycles. The molecule has 10 nitrogen and oxygen atoms in total. The lowest BCUT2D eigenvalue weighted by molar-refractivity contribution is 0.102. The molecule has 5 aromatic rings. The van der Waals surface area contributed by atoms with Crippen LogP contribution in [0.15, 0.2) is 79.3 Å². The van der Waals surface area contributed by atoms with E-state index in [9.17, 15) is 4.79 Å². The minimum absolute atomic E-state index is 0.225. The van der Waals surface area contributed by atoms with Crippen LogP contribution in [-0.4, -0.2) is 45.7 Å². The molecule has 1 amide bonds. The Labute approximate surface area is 193 Å². The molecule has 11 heteroatoms. The van der Waals surface area contributed by atoms with Gasteiger partial charge in [0.15, 0.2) is 12.4 Å². The van der Waals surface area contributed by atoms with E-state index in [2.05, 4.69) is 30.9 Å². The molecule has 33 heavy (non-hydrogen) atoms. The predicted molar refractivity (Wildman–Crippen MR) is 122 cm³/mol. The fraction of sp³-hybridized carbons (Fsp3) is 0.0909. The van der Waals surface area contributed by atoms with Gasteiger partial charge in [-0.25, -0.2) is 4.68 Å². The zero-order valence-electron chi connectivity index (χ0n) is 17.3. The van der Waals surface area contributed by atoms with Crippen LogP contribution in [0, 0.1) is 0 Å². The van der Waals surface area contributed by atoms with Crippen LogP contribution in [-0.2, 0) is 13.2 Å². The highest BCUT2D eigenvalue weighted by Gasteiger charge is 2.13. The average molecular weight is 460 g/mol. The molecule has 5 rings (SSSR count). The van der Waals surface area contributed by atoms with Crippen molar-refractivity contribution in [3.8, 4) is 11.4 Å². The first-order valence-electron chi connectivity index (χ1n) is 10.1. The van der Waals surface area contributed by atoms with Gasteiger partial charge in [0.05, 0.1) is 18.4 Å². The van der Waals surface area contributed by atoms with Crippen molar-refractivity contribution in [1.29, 1.82) is 0 Å². The summed E-state index contributed by atoms with van der Waals surface area (Å²) >= 11 is 6.20. The smallest absolute Gasteiger partial charge is 0.276 e. The Bertz CT molecular complexity index is 1390. The zero-order chi connectivity index (χ0) is 22.6. The van der Waals surface area contributed by atoms with Crippen LogP contribution in [0.1, 0.15) is 16.1 Å². The highest BCUT2D eigenvalue weighted by atomic mass is 35.5. The number of halogens is 1. The Morgan fingerprint density at radius 2 is 1.79 bits per heavy atom. The van der Waals surface area contributed by atoms with Gasteiger partial charge < -0.3 is 5.32 Å². The molecule has 2 aromatic carbocycles. The SMILES string of the molecule is O=C(Nc1cnn(Cc2ccccc2Cl)c1)c1ccn(Cn2nnc(-c3ccccc3)n2)n1. The van der Waals surface area contributed by atoms with Gasteiger partial charge in [-0.05, 0) is 22.9 Å². The van der Waals surface area contributed by atoms with Gasteiger partial charge in [0, 0.05) is 23.0 Å². The minimum atomic E-state index is -0.345. The number of benzene rings is 2. The van der Waals surface area contributed by atoms with E-state index in [4.69, 9.17) is 11.6 Å².